The van der Waals surface area contributed by atoms with Gasteiger partial charge in [-0.2, -0.15) is 17.5 Å². The van der Waals surface area contributed by atoms with Crippen molar-refractivity contribution in [2.45, 2.75) is 43.3 Å². The van der Waals surface area contributed by atoms with Gasteiger partial charge in [0.2, 0.25) is 10.0 Å². The van der Waals surface area contributed by atoms with Crippen LogP contribution in [0, 0.1) is 12.7 Å². The lowest BCUT2D eigenvalue weighted by molar-refractivity contribution is -0.139. The molecule has 0 aliphatic carbocycles. The molecule has 2 heterocycles. The molecule has 0 N–H and O–H groups in total. The number of nitrogens with zero attached hydrogens (tertiary/aromatic N) is 2. The smallest absolute Gasteiger partial charge is 0.340 e. The Morgan fingerprint density at radius 3 is 2.19 bits per heavy atom. The monoisotopic (exact) mass is 530 g/mol. The summed E-state index contributed by atoms with van der Waals surface area (Å²) in [6, 6.07) is 18.7. The van der Waals surface area contributed by atoms with Crippen molar-refractivity contribution < 1.29 is 26.0 Å². The first-order valence-electron chi connectivity index (χ1n) is 12.1. The Balaban J connectivity index is 1.43. The quantitative estimate of drug-likeness (QED) is 0.269. The van der Waals surface area contributed by atoms with Gasteiger partial charge in [0.05, 0.1) is 10.5 Å². The predicted molar refractivity (Wildman–Crippen MR) is 134 cm³/mol. The second-order valence-corrected chi connectivity index (χ2v) is 11.3. The molecule has 0 spiro atoms. The van der Waals surface area contributed by atoms with Crippen LogP contribution >= 0.6 is 0 Å². The van der Waals surface area contributed by atoms with Gasteiger partial charge >= 0.3 is 6.18 Å². The van der Waals surface area contributed by atoms with Crippen molar-refractivity contribution in [2.24, 2.45) is 0 Å². The molecule has 0 amide bonds. The molecule has 0 radical (unpaired) electrons. The van der Waals surface area contributed by atoms with Crippen molar-refractivity contribution in [3.8, 4) is 0 Å². The molecule has 194 valence electrons. The number of hydrogen-bond donors (Lipinski definition) is 0. The topological polar surface area (TPSA) is 42.3 Å². The minimum absolute atomic E-state index is 0.0590. The molecule has 0 saturated carbocycles. The van der Waals surface area contributed by atoms with Crippen LogP contribution in [-0.4, -0.2) is 30.4 Å². The highest BCUT2D eigenvalue weighted by Gasteiger charge is 2.40. The molecule has 1 saturated heterocycles. The summed E-state index contributed by atoms with van der Waals surface area (Å²) in [4.78, 5) is -0.701. The molecule has 4 nitrogen and oxygen atoms in total. The molecule has 1 aromatic heterocycles. The van der Waals surface area contributed by atoms with E-state index in [0.29, 0.717) is 19.4 Å². The summed E-state index contributed by atoms with van der Waals surface area (Å²) >= 11 is 0. The van der Waals surface area contributed by atoms with Crippen molar-refractivity contribution >= 4 is 20.9 Å². The van der Waals surface area contributed by atoms with E-state index in [1.54, 1.807) is 12.1 Å². The lowest BCUT2D eigenvalue weighted by atomic mass is 9.88. The Morgan fingerprint density at radius 1 is 0.892 bits per heavy atom. The second-order valence-electron chi connectivity index (χ2n) is 9.40. The zero-order valence-corrected chi connectivity index (χ0v) is 21.0. The summed E-state index contributed by atoms with van der Waals surface area (Å²) in [6.07, 6.45) is -3.76. The van der Waals surface area contributed by atoms with Crippen LogP contribution in [0.15, 0.2) is 77.7 Å². The molecule has 0 atom stereocenters. The third-order valence-corrected chi connectivity index (χ3v) is 9.16. The Kier molecular flexibility index (Phi) is 6.62. The zero-order chi connectivity index (χ0) is 26.4. The first-order chi connectivity index (χ1) is 17.6. The van der Waals surface area contributed by atoms with E-state index in [-0.39, 0.29) is 24.8 Å². The third-order valence-electron chi connectivity index (χ3n) is 7.21. The molecule has 0 unspecified atom stereocenters. The van der Waals surface area contributed by atoms with E-state index in [4.69, 9.17) is 0 Å². The average Bonchev–Trinajstić information content (AvgIpc) is 3.16. The van der Waals surface area contributed by atoms with Crippen molar-refractivity contribution in [2.75, 3.05) is 13.1 Å². The Hall–Kier alpha value is -3.17. The lowest BCUT2D eigenvalue weighted by Gasteiger charge is -2.32. The molecule has 0 bridgehead atoms. The van der Waals surface area contributed by atoms with E-state index in [0.717, 1.165) is 39.9 Å². The first-order valence-corrected chi connectivity index (χ1v) is 13.5. The average molecular weight is 531 g/mol. The number of para-hydroxylation sites is 1. The number of rotatable bonds is 5. The van der Waals surface area contributed by atoms with Crippen LogP contribution in [0.4, 0.5) is 17.6 Å². The van der Waals surface area contributed by atoms with Gasteiger partial charge in [-0.1, -0.05) is 42.5 Å². The number of halogens is 4. The van der Waals surface area contributed by atoms with E-state index in [1.165, 1.54) is 28.6 Å². The molecular formula is C28H26F4N2O2S. The van der Waals surface area contributed by atoms with Crippen LogP contribution in [0.5, 0.6) is 0 Å². The SMILES string of the molecule is Cc1c(C2CCN(S(=O)(=O)c3ccccc3C(F)(F)F)CC2)c2ccccc2n1Cc1ccc(F)cc1. The molecule has 4 aromatic rings. The minimum atomic E-state index is -4.76. The molecule has 37 heavy (non-hydrogen) atoms. The van der Waals surface area contributed by atoms with Crippen LogP contribution in [0.1, 0.15) is 41.1 Å². The summed E-state index contributed by atoms with van der Waals surface area (Å²) < 4.78 is 83.6. The number of hydrogen-bond acceptors (Lipinski definition) is 2. The molecule has 9 heteroatoms. The van der Waals surface area contributed by atoms with Gasteiger partial charge < -0.3 is 4.57 Å². The van der Waals surface area contributed by atoms with Gasteiger partial charge in [0.1, 0.15) is 5.82 Å². The minimum Gasteiger partial charge on any atom is -0.340 e. The van der Waals surface area contributed by atoms with E-state index in [1.807, 2.05) is 31.2 Å². The van der Waals surface area contributed by atoms with Crippen molar-refractivity contribution in [1.82, 2.24) is 8.87 Å². The Labute approximate surface area is 213 Å². The Morgan fingerprint density at radius 2 is 1.51 bits per heavy atom. The van der Waals surface area contributed by atoms with Crippen LogP contribution in [0.2, 0.25) is 0 Å². The van der Waals surface area contributed by atoms with Crippen LogP contribution in [0.25, 0.3) is 10.9 Å². The fraction of sp³-hybridized carbons (Fsp3) is 0.286. The fourth-order valence-electron chi connectivity index (χ4n) is 5.40. The van der Waals surface area contributed by atoms with Crippen molar-refractivity contribution in [3.05, 3.63) is 101 Å². The predicted octanol–water partition coefficient (Wildman–Crippen LogP) is 6.72. The summed E-state index contributed by atoms with van der Waals surface area (Å²) in [7, 11) is -4.30. The van der Waals surface area contributed by atoms with Crippen LogP contribution < -0.4 is 0 Å². The van der Waals surface area contributed by atoms with Gasteiger partial charge in [-0.15, -0.1) is 0 Å². The third kappa shape index (κ3) is 4.78. The Bertz CT molecular complexity index is 1530. The highest BCUT2D eigenvalue weighted by molar-refractivity contribution is 7.89. The van der Waals surface area contributed by atoms with Crippen LogP contribution in [-0.2, 0) is 22.7 Å². The normalized spacial score (nSPS) is 15.9. The fourth-order valence-corrected chi connectivity index (χ4v) is 7.08. The maximum absolute atomic E-state index is 13.5. The van der Waals surface area contributed by atoms with Gasteiger partial charge in [0.15, 0.2) is 0 Å². The number of sulfonamides is 1. The lowest BCUT2D eigenvalue weighted by Crippen LogP contribution is -2.38. The van der Waals surface area contributed by atoms with E-state index >= 15 is 0 Å². The number of fused-ring (bicyclic) bond motifs is 1. The van der Waals surface area contributed by atoms with Crippen LogP contribution in [0.3, 0.4) is 0 Å². The number of aromatic nitrogens is 1. The van der Waals surface area contributed by atoms with Crippen molar-refractivity contribution in [3.63, 3.8) is 0 Å². The van der Waals surface area contributed by atoms with E-state index in [2.05, 4.69) is 4.57 Å². The highest BCUT2D eigenvalue weighted by atomic mass is 32.2. The summed E-state index contributed by atoms with van der Waals surface area (Å²) in [5.74, 6) is -0.234. The largest absolute Gasteiger partial charge is 0.417 e. The summed E-state index contributed by atoms with van der Waals surface area (Å²) in [6.45, 7) is 2.86. The van der Waals surface area contributed by atoms with Gasteiger partial charge in [-0.05, 0) is 67.1 Å². The number of benzene rings is 3. The standard InChI is InChI=1S/C28H26F4N2O2S/c1-19-27(23-6-2-4-8-25(23)34(19)18-20-10-12-22(29)13-11-20)21-14-16-33(17-15-21)37(35,36)26-9-5-3-7-24(26)28(30,31)32/h2-13,21H,14-18H2,1H3. The highest BCUT2D eigenvalue weighted by Crippen LogP contribution is 2.40. The summed E-state index contributed by atoms with van der Waals surface area (Å²) in [5.41, 5.74) is 3.03. The van der Waals surface area contributed by atoms with Gasteiger partial charge in [-0.3, -0.25) is 0 Å². The first kappa shape index (κ1) is 25.5. The number of piperidine rings is 1. The van der Waals surface area contributed by atoms with Gasteiger partial charge in [0.25, 0.3) is 0 Å². The molecule has 1 aliphatic rings. The molecule has 1 aliphatic heterocycles. The van der Waals surface area contributed by atoms with E-state index < -0.39 is 26.7 Å². The molecule has 1 fully saturated rings. The summed E-state index contributed by atoms with van der Waals surface area (Å²) in [5, 5.41) is 1.07. The maximum Gasteiger partial charge on any atom is 0.417 e. The second kappa shape index (κ2) is 9.61. The molecule has 3 aromatic carbocycles. The maximum atomic E-state index is 13.5. The van der Waals surface area contributed by atoms with Gasteiger partial charge in [0, 0.05) is 36.2 Å². The molecule has 5 rings (SSSR count). The van der Waals surface area contributed by atoms with Gasteiger partial charge in [-0.25, -0.2) is 12.8 Å². The van der Waals surface area contributed by atoms with Crippen molar-refractivity contribution in [1.29, 1.82) is 0 Å². The molecular weight excluding hydrogens is 504 g/mol. The zero-order valence-electron chi connectivity index (χ0n) is 20.2. The number of alkyl halides is 3. The van der Waals surface area contributed by atoms with E-state index in [9.17, 15) is 26.0 Å².